The number of aliphatic hydroxyl groups is 1. The van der Waals surface area contributed by atoms with Crippen molar-refractivity contribution in [2.24, 2.45) is 5.92 Å². The summed E-state index contributed by atoms with van der Waals surface area (Å²) < 4.78 is 1.91. The van der Waals surface area contributed by atoms with Crippen LogP contribution in [0.15, 0.2) is 0 Å². The fourth-order valence-corrected chi connectivity index (χ4v) is 2.23. The lowest BCUT2D eigenvalue weighted by molar-refractivity contribution is 0.148. The van der Waals surface area contributed by atoms with Gasteiger partial charge in [-0.2, -0.15) is 5.10 Å². The predicted octanol–water partition coefficient (Wildman–Crippen LogP) is 1.73. The molecule has 0 spiro atoms. The third-order valence-corrected chi connectivity index (χ3v) is 3.76. The van der Waals surface area contributed by atoms with Crippen LogP contribution in [-0.2, 0) is 13.1 Å². The van der Waals surface area contributed by atoms with Gasteiger partial charge >= 0.3 is 0 Å². The van der Waals surface area contributed by atoms with E-state index in [0.717, 1.165) is 35.8 Å². The van der Waals surface area contributed by atoms with Gasteiger partial charge in [-0.3, -0.25) is 4.68 Å². The van der Waals surface area contributed by atoms with Crippen LogP contribution in [0.25, 0.3) is 0 Å². The van der Waals surface area contributed by atoms with E-state index in [1.807, 2.05) is 18.5 Å². The van der Waals surface area contributed by atoms with E-state index < -0.39 is 0 Å². The molecule has 1 aromatic heterocycles. The Bertz CT molecular complexity index is 387. The lowest BCUT2D eigenvalue weighted by Gasteiger charge is -2.11. The fraction of sp³-hybridized carbons (Fsp3) is 0.750. The molecule has 1 saturated carbocycles. The van der Waals surface area contributed by atoms with Gasteiger partial charge in [-0.15, -0.1) is 0 Å². The summed E-state index contributed by atoms with van der Waals surface area (Å²) in [5.74, 6) is 0.510. The van der Waals surface area contributed by atoms with Gasteiger partial charge in [-0.1, -0.05) is 11.6 Å². The highest BCUT2D eigenvalue weighted by atomic mass is 35.5. The average Bonchev–Trinajstić information content (AvgIpc) is 3.11. The smallest absolute Gasteiger partial charge is 0.0860 e. The Labute approximate surface area is 107 Å². The zero-order chi connectivity index (χ0) is 12.4. The lowest BCUT2D eigenvalue weighted by atomic mass is 10.2. The van der Waals surface area contributed by atoms with Crippen LogP contribution in [0.4, 0.5) is 0 Å². The minimum absolute atomic E-state index is 0.215. The van der Waals surface area contributed by atoms with Crippen molar-refractivity contribution >= 4 is 11.6 Å². The normalized spacial score (nSPS) is 17.4. The Balaban J connectivity index is 1.88. The molecule has 17 heavy (non-hydrogen) atoms. The van der Waals surface area contributed by atoms with Crippen molar-refractivity contribution in [3.8, 4) is 0 Å². The molecule has 5 heteroatoms. The van der Waals surface area contributed by atoms with E-state index in [1.54, 1.807) is 0 Å². The Hall–Kier alpha value is -0.580. The molecule has 2 rings (SSSR count). The van der Waals surface area contributed by atoms with Crippen molar-refractivity contribution < 1.29 is 5.11 Å². The standard InChI is InChI=1S/C12H20ClN3O/c1-3-16-10(12(13)8(2)15-16)6-14-7-11(17)9-4-5-9/h9,11,14,17H,3-7H2,1-2H3. The summed E-state index contributed by atoms with van der Waals surface area (Å²) in [6, 6.07) is 0. The van der Waals surface area contributed by atoms with Gasteiger partial charge in [0.2, 0.25) is 0 Å². The van der Waals surface area contributed by atoms with Crippen molar-refractivity contribution in [3.05, 3.63) is 16.4 Å². The van der Waals surface area contributed by atoms with Crippen LogP contribution in [0, 0.1) is 12.8 Å². The number of nitrogens with zero attached hydrogens (tertiary/aromatic N) is 2. The SMILES string of the molecule is CCn1nc(C)c(Cl)c1CNCC(O)C1CC1. The lowest BCUT2D eigenvalue weighted by Crippen LogP contribution is -2.28. The molecule has 2 N–H and O–H groups in total. The molecule has 1 unspecified atom stereocenters. The maximum absolute atomic E-state index is 9.75. The van der Waals surface area contributed by atoms with Crippen molar-refractivity contribution in [1.82, 2.24) is 15.1 Å². The number of halogens is 1. The van der Waals surface area contributed by atoms with Gasteiger partial charge < -0.3 is 10.4 Å². The number of aliphatic hydroxyl groups excluding tert-OH is 1. The van der Waals surface area contributed by atoms with E-state index in [0.29, 0.717) is 19.0 Å². The molecule has 1 aliphatic rings. The first-order chi connectivity index (χ1) is 8.13. The highest BCUT2D eigenvalue weighted by Crippen LogP contribution is 2.32. The van der Waals surface area contributed by atoms with Crippen molar-refractivity contribution in [2.45, 2.75) is 45.9 Å². The first-order valence-electron chi connectivity index (χ1n) is 6.24. The number of rotatable bonds is 6. The molecular formula is C12H20ClN3O. The van der Waals surface area contributed by atoms with E-state index in [2.05, 4.69) is 10.4 Å². The molecular weight excluding hydrogens is 238 g/mol. The molecule has 1 aromatic rings. The van der Waals surface area contributed by atoms with Gasteiger partial charge in [0.1, 0.15) is 0 Å². The monoisotopic (exact) mass is 257 g/mol. The summed E-state index contributed by atoms with van der Waals surface area (Å²) in [6.07, 6.45) is 2.11. The Morgan fingerprint density at radius 1 is 1.59 bits per heavy atom. The Kier molecular flexibility index (Phi) is 4.07. The molecule has 0 saturated heterocycles. The third kappa shape index (κ3) is 3.00. The van der Waals surface area contributed by atoms with Crippen molar-refractivity contribution in [1.29, 1.82) is 0 Å². The van der Waals surface area contributed by atoms with Crippen molar-refractivity contribution in [2.75, 3.05) is 6.54 Å². The molecule has 96 valence electrons. The minimum Gasteiger partial charge on any atom is -0.392 e. The second-order valence-electron chi connectivity index (χ2n) is 4.70. The van der Waals surface area contributed by atoms with Crippen LogP contribution in [0.3, 0.4) is 0 Å². The zero-order valence-corrected chi connectivity index (χ0v) is 11.2. The Morgan fingerprint density at radius 3 is 2.88 bits per heavy atom. The topological polar surface area (TPSA) is 50.1 Å². The van der Waals surface area contributed by atoms with Crippen LogP contribution >= 0.6 is 11.6 Å². The number of hydrogen-bond donors (Lipinski definition) is 2. The molecule has 1 atom stereocenters. The van der Waals surface area contributed by atoms with E-state index in [9.17, 15) is 5.11 Å². The van der Waals surface area contributed by atoms with E-state index in [4.69, 9.17) is 11.6 Å². The van der Waals surface area contributed by atoms with Gasteiger partial charge in [-0.25, -0.2) is 0 Å². The molecule has 1 heterocycles. The number of aryl methyl sites for hydroxylation is 2. The highest BCUT2D eigenvalue weighted by molar-refractivity contribution is 6.31. The average molecular weight is 258 g/mol. The molecule has 0 aliphatic heterocycles. The van der Waals surface area contributed by atoms with E-state index in [1.165, 1.54) is 0 Å². The molecule has 0 amide bonds. The first kappa shape index (κ1) is 12.9. The number of aromatic nitrogens is 2. The van der Waals surface area contributed by atoms with Crippen LogP contribution in [-0.4, -0.2) is 27.5 Å². The molecule has 1 aliphatic carbocycles. The van der Waals surface area contributed by atoms with Gasteiger partial charge in [0.05, 0.1) is 22.5 Å². The van der Waals surface area contributed by atoms with Gasteiger partial charge in [0.25, 0.3) is 0 Å². The minimum atomic E-state index is -0.215. The van der Waals surface area contributed by atoms with Crippen molar-refractivity contribution in [3.63, 3.8) is 0 Å². The zero-order valence-electron chi connectivity index (χ0n) is 10.4. The maximum Gasteiger partial charge on any atom is 0.0860 e. The van der Waals surface area contributed by atoms with E-state index >= 15 is 0 Å². The molecule has 4 nitrogen and oxygen atoms in total. The van der Waals surface area contributed by atoms with Crippen LogP contribution in [0.2, 0.25) is 5.02 Å². The fourth-order valence-electron chi connectivity index (χ4n) is 2.02. The predicted molar refractivity (Wildman–Crippen MR) is 68.1 cm³/mol. The molecule has 0 radical (unpaired) electrons. The third-order valence-electron chi connectivity index (χ3n) is 3.26. The summed E-state index contributed by atoms with van der Waals surface area (Å²) in [5, 5.41) is 18.1. The maximum atomic E-state index is 9.75. The summed E-state index contributed by atoms with van der Waals surface area (Å²) in [5.41, 5.74) is 1.88. The second-order valence-corrected chi connectivity index (χ2v) is 5.08. The summed E-state index contributed by atoms with van der Waals surface area (Å²) in [7, 11) is 0. The largest absolute Gasteiger partial charge is 0.392 e. The summed E-state index contributed by atoms with van der Waals surface area (Å²) in [6.45, 7) is 6.07. The molecule has 0 bridgehead atoms. The first-order valence-corrected chi connectivity index (χ1v) is 6.61. The summed E-state index contributed by atoms with van der Waals surface area (Å²) >= 11 is 6.20. The van der Waals surface area contributed by atoms with Gasteiger partial charge in [0, 0.05) is 19.6 Å². The van der Waals surface area contributed by atoms with E-state index in [-0.39, 0.29) is 6.10 Å². The van der Waals surface area contributed by atoms with Crippen LogP contribution in [0.5, 0.6) is 0 Å². The second kappa shape index (κ2) is 5.38. The number of hydrogen-bond acceptors (Lipinski definition) is 3. The highest BCUT2D eigenvalue weighted by Gasteiger charge is 2.29. The van der Waals surface area contributed by atoms with Crippen LogP contribution < -0.4 is 5.32 Å². The summed E-state index contributed by atoms with van der Waals surface area (Å²) in [4.78, 5) is 0. The molecule has 0 aromatic carbocycles. The number of nitrogens with one attached hydrogen (secondary N) is 1. The van der Waals surface area contributed by atoms with Crippen LogP contribution in [0.1, 0.15) is 31.2 Å². The van der Waals surface area contributed by atoms with Gasteiger partial charge in [-0.05, 0) is 32.6 Å². The van der Waals surface area contributed by atoms with Gasteiger partial charge in [0.15, 0.2) is 0 Å². The molecule has 1 fully saturated rings. The quantitative estimate of drug-likeness (QED) is 0.816. The Morgan fingerprint density at radius 2 is 2.29 bits per heavy atom.